The number of thioether (sulfide) groups is 1. The fraction of sp³-hybridized carbons (Fsp3) is 0.500. The maximum absolute atomic E-state index is 11.1. The Balaban J connectivity index is 4.20. The molecule has 0 aromatic heterocycles. The molecule has 0 saturated heterocycles. The summed E-state index contributed by atoms with van der Waals surface area (Å²) in [6, 6.07) is 0. The lowest BCUT2D eigenvalue weighted by molar-refractivity contribution is -0.160. The smallest absolute Gasteiger partial charge is 0.345 e. The summed E-state index contributed by atoms with van der Waals surface area (Å²) < 4.78 is 4.61. The molecule has 0 aliphatic rings. The summed E-state index contributed by atoms with van der Waals surface area (Å²) in [5.74, 6) is -2.10. The van der Waals surface area contributed by atoms with Crippen LogP contribution in [0.1, 0.15) is 13.3 Å². The second-order valence-electron chi connectivity index (χ2n) is 2.92. The largest absolute Gasteiger partial charge is 0.479 e. The molecule has 1 unspecified atom stereocenters. The van der Waals surface area contributed by atoms with E-state index in [0.29, 0.717) is 17.9 Å². The number of esters is 1. The highest BCUT2D eigenvalue weighted by Crippen LogP contribution is 2.07. The standard InChI is InChI=1S/C10H14O6S/c1-2-17-6-5-7(10(14)15)16-9(13)4-3-8(11)12/h3-4,7H,2,5-6H2,1H3,(H,11,12)(H,14,15)/b4-3+. The Morgan fingerprint density at radius 2 is 1.94 bits per heavy atom. The van der Waals surface area contributed by atoms with Crippen molar-refractivity contribution in [3.05, 3.63) is 12.2 Å². The minimum Gasteiger partial charge on any atom is -0.479 e. The van der Waals surface area contributed by atoms with Gasteiger partial charge in [0.05, 0.1) is 0 Å². The zero-order chi connectivity index (χ0) is 13.3. The van der Waals surface area contributed by atoms with Gasteiger partial charge in [0.2, 0.25) is 0 Å². The van der Waals surface area contributed by atoms with E-state index < -0.39 is 24.0 Å². The van der Waals surface area contributed by atoms with Gasteiger partial charge in [-0.1, -0.05) is 6.92 Å². The van der Waals surface area contributed by atoms with Gasteiger partial charge in [-0.05, 0) is 11.5 Å². The fourth-order valence-electron chi connectivity index (χ4n) is 0.886. The Kier molecular flexibility index (Phi) is 7.87. The Bertz CT molecular complexity index is 312. The number of aliphatic carboxylic acids is 2. The van der Waals surface area contributed by atoms with Crippen LogP contribution in [0, 0.1) is 0 Å². The first-order chi connectivity index (χ1) is 7.97. The molecule has 0 aliphatic heterocycles. The maximum atomic E-state index is 11.1. The number of carboxylic acid groups (broad SMARTS) is 2. The van der Waals surface area contributed by atoms with Crippen LogP contribution in [0.2, 0.25) is 0 Å². The maximum Gasteiger partial charge on any atom is 0.345 e. The van der Waals surface area contributed by atoms with Crippen LogP contribution < -0.4 is 0 Å². The summed E-state index contributed by atoms with van der Waals surface area (Å²) >= 11 is 1.53. The normalized spacial score (nSPS) is 12.3. The number of ether oxygens (including phenoxy) is 1. The van der Waals surface area contributed by atoms with Gasteiger partial charge in [-0.15, -0.1) is 0 Å². The van der Waals surface area contributed by atoms with Gasteiger partial charge in [0.15, 0.2) is 6.10 Å². The van der Waals surface area contributed by atoms with Crippen LogP contribution in [0.15, 0.2) is 12.2 Å². The highest BCUT2D eigenvalue weighted by atomic mass is 32.2. The fourth-order valence-corrected chi connectivity index (χ4v) is 1.56. The summed E-state index contributed by atoms with van der Waals surface area (Å²) in [4.78, 5) is 31.9. The lowest BCUT2D eigenvalue weighted by Gasteiger charge is -2.11. The SMILES string of the molecule is CCSCCC(OC(=O)/C=C/C(=O)O)C(=O)O. The number of rotatable bonds is 8. The molecular formula is C10H14O6S. The van der Waals surface area contributed by atoms with Crippen molar-refractivity contribution < 1.29 is 29.3 Å². The summed E-state index contributed by atoms with van der Waals surface area (Å²) in [6.07, 6.45) is 0.244. The quantitative estimate of drug-likeness (QED) is 0.378. The number of carbonyl (C=O) groups is 3. The van der Waals surface area contributed by atoms with Gasteiger partial charge < -0.3 is 14.9 Å². The predicted octanol–water partition coefficient (Wildman–Crippen LogP) is 0.767. The Morgan fingerprint density at radius 3 is 2.41 bits per heavy atom. The summed E-state index contributed by atoms with van der Waals surface area (Å²) in [7, 11) is 0. The number of carboxylic acids is 2. The van der Waals surface area contributed by atoms with Crippen molar-refractivity contribution in [1.29, 1.82) is 0 Å². The summed E-state index contributed by atoms with van der Waals surface area (Å²) in [6.45, 7) is 1.93. The monoisotopic (exact) mass is 262 g/mol. The van der Waals surface area contributed by atoms with Gasteiger partial charge in [0.1, 0.15) is 0 Å². The zero-order valence-electron chi connectivity index (χ0n) is 9.29. The highest BCUT2D eigenvalue weighted by molar-refractivity contribution is 7.99. The van der Waals surface area contributed by atoms with Crippen molar-refractivity contribution in [3.63, 3.8) is 0 Å². The predicted molar refractivity (Wildman–Crippen MR) is 61.9 cm³/mol. The van der Waals surface area contributed by atoms with E-state index in [1.54, 1.807) is 0 Å². The first kappa shape index (κ1) is 15.5. The van der Waals surface area contributed by atoms with Gasteiger partial charge in [-0.2, -0.15) is 11.8 Å². The number of hydrogen-bond acceptors (Lipinski definition) is 5. The molecule has 0 aromatic carbocycles. The molecule has 0 aliphatic carbocycles. The molecule has 96 valence electrons. The van der Waals surface area contributed by atoms with Gasteiger partial charge in [0, 0.05) is 18.6 Å². The molecule has 0 bridgehead atoms. The Labute approximate surface area is 103 Å². The van der Waals surface area contributed by atoms with E-state index in [1.807, 2.05) is 6.92 Å². The van der Waals surface area contributed by atoms with Crippen molar-refractivity contribution >= 4 is 29.7 Å². The Hall–Kier alpha value is -1.50. The minimum atomic E-state index is -1.30. The van der Waals surface area contributed by atoms with E-state index in [0.717, 1.165) is 5.75 Å². The second-order valence-corrected chi connectivity index (χ2v) is 4.31. The molecule has 0 spiro atoms. The molecule has 17 heavy (non-hydrogen) atoms. The average molecular weight is 262 g/mol. The third kappa shape index (κ3) is 8.32. The van der Waals surface area contributed by atoms with E-state index in [9.17, 15) is 14.4 Å². The summed E-state index contributed by atoms with van der Waals surface area (Å²) in [5.41, 5.74) is 0. The van der Waals surface area contributed by atoms with Gasteiger partial charge in [-0.3, -0.25) is 0 Å². The first-order valence-electron chi connectivity index (χ1n) is 4.89. The molecule has 7 heteroatoms. The molecule has 0 fully saturated rings. The van der Waals surface area contributed by atoms with Gasteiger partial charge in [-0.25, -0.2) is 14.4 Å². The van der Waals surface area contributed by atoms with E-state index in [-0.39, 0.29) is 6.42 Å². The minimum absolute atomic E-state index is 0.195. The lowest BCUT2D eigenvalue weighted by Crippen LogP contribution is -2.27. The van der Waals surface area contributed by atoms with Crippen LogP contribution in [-0.4, -0.2) is 45.7 Å². The topological polar surface area (TPSA) is 101 Å². The van der Waals surface area contributed by atoms with Crippen LogP contribution in [-0.2, 0) is 19.1 Å². The van der Waals surface area contributed by atoms with E-state index in [1.165, 1.54) is 11.8 Å². The van der Waals surface area contributed by atoms with Crippen molar-refractivity contribution in [1.82, 2.24) is 0 Å². The summed E-state index contributed by atoms with van der Waals surface area (Å²) in [5, 5.41) is 17.0. The second kappa shape index (κ2) is 8.63. The third-order valence-corrected chi connectivity index (χ3v) is 2.56. The molecule has 0 saturated carbocycles. The molecule has 0 amide bonds. The lowest BCUT2D eigenvalue weighted by atomic mass is 10.3. The molecular weight excluding hydrogens is 248 g/mol. The molecule has 1 atom stereocenters. The molecule has 2 N–H and O–H groups in total. The highest BCUT2D eigenvalue weighted by Gasteiger charge is 2.20. The van der Waals surface area contributed by atoms with Crippen LogP contribution in [0.4, 0.5) is 0 Å². The van der Waals surface area contributed by atoms with Crippen LogP contribution in [0.5, 0.6) is 0 Å². The first-order valence-corrected chi connectivity index (χ1v) is 6.05. The zero-order valence-corrected chi connectivity index (χ0v) is 10.1. The number of hydrogen-bond donors (Lipinski definition) is 2. The third-order valence-electron chi connectivity index (χ3n) is 1.62. The number of carbonyl (C=O) groups excluding carboxylic acids is 1. The van der Waals surface area contributed by atoms with Gasteiger partial charge >= 0.3 is 17.9 Å². The van der Waals surface area contributed by atoms with Gasteiger partial charge in [0.25, 0.3) is 0 Å². The Morgan fingerprint density at radius 1 is 1.29 bits per heavy atom. The van der Waals surface area contributed by atoms with E-state index >= 15 is 0 Å². The van der Waals surface area contributed by atoms with E-state index in [2.05, 4.69) is 4.74 Å². The van der Waals surface area contributed by atoms with Crippen molar-refractivity contribution in [2.45, 2.75) is 19.4 Å². The van der Waals surface area contributed by atoms with Crippen molar-refractivity contribution in [3.8, 4) is 0 Å². The molecule has 0 aromatic rings. The molecule has 0 rings (SSSR count). The van der Waals surface area contributed by atoms with Crippen molar-refractivity contribution in [2.24, 2.45) is 0 Å². The van der Waals surface area contributed by atoms with Crippen molar-refractivity contribution in [2.75, 3.05) is 11.5 Å². The molecule has 6 nitrogen and oxygen atoms in total. The average Bonchev–Trinajstić information content (AvgIpc) is 2.25. The van der Waals surface area contributed by atoms with Crippen LogP contribution >= 0.6 is 11.8 Å². The van der Waals surface area contributed by atoms with Crippen LogP contribution in [0.3, 0.4) is 0 Å². The molecule has 0 radical (unpaired) electrons. The molecule has 0 heterocycles. The van der Waals surface area contributed by atoms with Crippen LogP contribution in [0.25, 0.3) is 0 Å². The van der Waals surface area contributed by atoms with E-state index in [4.69, 9.17) is 10.2 Å².